The third-order valence-electron chi connectivity index (χ3n) is 2.05. The van der Waals surface area contributed by atoms with Gasteiger partial charge in [-0.2, -0.15) is 4.98 Å². The molecule has 0 aliphatic rings. The van der Waals surface area contributed by atoms with Crippen LogP contribution in [0.3, 0.4) is 0 Å². The largest absolute Gasteiger partial charge is 0.375 e. The van der Waals surface area contributed by atoms with Crippen molar-refractivity contribution in [3.63, 3.8) is 0 Å². The highest BCUT2D eigenvalue weighted by atomic mass is 32.2. The van der Waals surface area contributed by atoms with Crippen LogP contribution in [-0.4, -0.2) is 15.1 Å². The predicted octanol–water partition coefficient (Wildman–Crippen LogP) is 3.13. The highest BCUT2D eigenvalue weighted by Gasteiger charge is 2.10. The molecule has 0 unspecified atom stereocenters. The van der Waals surface area contributed by atoms with Gasteiger partial charge in [0.15, 0.2) is 5.13 Å². The van der Waals surface area contributed by atoms with Crippen LogP contribution in [0.2, 0.25) is 0 Å². The Labute approximate surface area is 115 Å². The summed E-state index contributed by atoms with van der Waals surface area (Å²) in [6, 6.07) is 3.93. The Hall–Kier alpha value is -1.38. The van der Waals surface area contributed by atoms with Crippen molar-refractivity contribution in [3.05, 3.63) is 29.6 Å². The SMILES string of the molecule is Nc1ncc(SCc2nc(-c3cccs3)no2)s1. The van der Waals surface area contributed by atoms with Crippen LogP contribution in [0.4, 0.5) is 5.13 Å². The maximum Gasteiger partial charge on any atom is 0.237 e. The lowest BCUT2D eigenvalue weighted by atomic mass is 10.4. The molecule has 92 valence electrons. The molecule has 8 heteroatoms. The first-order chi connectivity index (χ1) is 8.81. The zero-order valence-electron chi connectivity index (χ0n) is 9.07. The number of hydrogen-bond acceptors (Lipinski definition) is 8. The number of nitrogens with two attached hydrogens (primary N) is 1. The van der Waals surface area contributed by atoms with Crippen molar-refractivity contribution in [1.29, 1.82) is 0 Å². The van der Waals surface area contributed by atoms with Crippen LogP contribution in [0.5, 0.6) is 0 Å². The monoisotopic (exact) mass is 296 g/mol. The van der Waals surface area contributed by atoms with Gasteiger partial charge in [-0.05, 0) is 11.4 Å². The highest BCUT2D eigenvalue weighted by molar-refractivity contribution is 8.00. The fraction of sp³-hybridized carbons (Fsp3) is 0.100. The summed E-state index contributed by atoms with van der Waals surface area (Å²) in [5.41, 5.74) is 5.56. The third kappa shape index (κ3) is 2.55. The minimum absolute atomic E-state index is 0.572. The van der Waals surface area contributed by atoms with Crippen molar-refractivity contribution in [2.75, 3.05) is 5.73 Å². The standard InChI is InChI=1S/C10H8N4OS3/c11-10-12-4-8(18-10)17-5-7-13-9(14-15-7)6-2-1-3-16-6/h1-4H,5H2,(H2,11,12). The second-order valence-corrected chi connectivity index (χ2v) is 6.58. The molecular weight excluding hydrogens is 288 g/mol. The van der Waals surface area contributed by atoms with Crippen LogP contribution >= 0.6 is 34.4 Å². The van der Waals surface area contributed by atoms with E-state index < -0.39 is 0 Å². The number of thioether (sulfide) groups is 1. The Morgan fingerprint density at radius 2 is 2.39 bits per heavy atom. The Balaban J connectivity index is 1.67. The first-order valence-corrected chi connectivity index (χ1v) is 7.70. The van der Waals surface area contributed by atoms with E-state index in [0.717, 1.165) is 9.09 Å². The minimum Gasteiger partial charge on any atom is -0.375 e. The van der Waals surface area contributed by atoms with E-state index in [-0.39, 0.29) is 0 Å². The summed E-state index contributed by atoms with van der Waals surface area (Å²) < 4.78 is 6.24. The number of thiophene rings is 1. The molecule has 0 aromatic carbocycles. The zero-order valence-corrected chi connectivity index (χ0v) is 11.5. The van der Waals surface area contributed by atoms with Gasteiger partial charge in [-0.25, -0.2) is 4.98 Å². The van der Waals surface area contributed by atoms with Gasteiger partial charge < -0.3 is 10.3 Å². The van der Waals surface area contributed by atoms with E-state index in [1.165, 1.54) is 11.3 Å². The van der Waals surface area contributed by atoms with Crippen LogP contribution < -0.4 is 5.73 Å². The van der Waals surface area contributed by atoms with Crippen LogP contribution in [0, 0.1) is 0 Å². The number of nitrogens with zero attached hydrogens (tertiary/aromatic N) is 3. The number of anilines is 1. The molecule has 0 radical (unpaired) electrons. The van der Waals surface area contributed by atoms with E-state index in [0.29, 0.717) is 22.6 Å². The van der Waals surface area contributed by atoms with Crippen LogP contribution in [0.15, 0.2) is 32.4 Å². The van der Waals surface area contributed by atoms with Crippen molar-refractivity contribution in [1.82, 2.24) is 15.1 Å². The summed E-state index contributed by atoms with van der Waals surface area (Å²) in [6.45, 7) is 0. The number of rotatable bonds is 4. The molecule has 0 aliphatic heterocycles. The first-order valence-electron chi connectivity index (χ1n) is 5.02. The predicted molar refractivity (Wildman–Crippen MR) is 73.7 cm³/mol. The third-order valence-corrected chi connectivity index (χ3v) is 4.92. The summed E-state index contributed by atoms with van der Waals surface area (Å²) in [7, 11) is 0. The molecule has 0 spiro atoms. The van der Waals surface area contributed by atoms with Gasteiger partial charge in [0.2, 0.25) is 11.7 Å². The van der Waals surface area contributed by atoms with Gasteiger partial charge in [0.25, 0.3) is 0 Å². The molecule has 0 saturated heterocycles. The quantitative estimate of drug-likeness (QED) is 0.745. The molecular formula is C10H8N4OS3. The molecule has 0 bridgehead atoms. The van der Waals surface area contributed by atoms with Crippen molar-refractivity contribution in [2.24, 2.45) is 0 Å². The van der Waals surface area contributed by atoms with E-state index in [9.17, 15) is 0 Å². The van der Waals surface area contributed by atoms with E-state index >= 15 is 0 Å². The number of nitrogen functional groups attached to an aromatic ring is 1. The van der Waals surface area contributed by atoms with E-state index in [2.05, 4.69) is 15.1 Å². The molecule has 2 N–H and O–H groups in total. The molecule has 5 nitrogen and oxygen atoms in total. The topological polar surface area (TPSA) is 77.8 Å². The summed E-state index contributed by atoms with van der Waals surface area (Å²) in [5, 5.41) is 6.51. The Morgan fingerprint density at radius 1 is 1.44 bits per heavy atom. The van der Waals surface area contributed by atoms with Crippen molar-refractivity contribution < 1.29 is 4.52 Å². The fourth-order valence-corrected chi connectivity index (χ4v) is 3.54. The van der Waals surface area contributed by atoms with Crippen LogP contribution in [0.1, 0.15) is 5.89 Å². The van der Waals surface area contributed by atoms with E-state index in [1.54, 1.807) is 29.3 Å². The van der Waals surface area contributed by atoms with E-state index in [1.807, 2.05) is 17.5 Å². The Morgan fingerprint density at radius 3 is 3.11 bits per heavy atom. The molecule has 0 aliphatic carbocycles. The Bertz CT molecular complexity index is 631. The molecule has 0 atom stereocenters. The average molecular weight is 296 g/mol. The van der Waals surface area contributed by atoms with Gasteiger partial charge in [0, 0.05) is 0 Å². The lowest BCUT2D eigenvalue weighted by Crippen LogP contribution is -1.79. The maximum absolute atomic E-state index is 5.56. The lowest BCUT2D eigenvalue weighted by molar-refractivity contribution is 0.392. The molecule has 18 heavy (non-hydrogen) atoms. The fourth-order valence-electron chi connectivity index (χ4n) is 1.29. The molecule has 0 amide bonds. The number of thiazole rings is 1. The van der Waals surface area contributed by atoms with Gasteiger partial charge in [-0.3, -0.25) is 0 Å². The van der Waals surface area contributed by atoms with Gasteiger partial charge in [-0.15, -0.1) is 23.1 Å². The second kappa shape index (κ2) is 5.09. The summed E-state index contributed by atoms with van der Waals surface area (Å²) >= 11 is 4.63. The second-order valence-electron chi connectivity index (χ2n) is 3.30. The summed E-state index contributed by atoms with van der Waals surface area (Å²) in [4.78, 5) is 9.34. The van der Waals surface area contributed by atoms with Crippen LogP contribution in [-0.2, 0) is 5.75 Å². The number of hydrogen-bond donors (Lipinski definition) is 1. The van der Waals surface area contributed by atoms with Crippen molar-refractivity contribution in [3.8, 4) is 10.7 Å². The minimum atomic E-state index is 0.572. The lowest BCUT2D eigenvalue weighted by Gasteiger charge is -1.90. The van der Waals surface area contributed by atoms with E-state index in [4.69, 9.17) is 10.3 Å². The average Bonchev–Trinajstić information content (AvgIpc) is 3.07. The van der Waals surface area contributed by atoms with Crippen molar-refractivity contribution >= 4 is 39.6 Å². The molecule has 3 rings (SSSR count). The highest BCUT2D eigenvalue weighted by Crippen LogP contribution is 2.29. The van der Waals surface area contributed by atoms with Crippen LogP contribution in [0.25, 0.3) is 10.7 Å². The first kappa shape index (κ1) is 11.7. The molecule has 0 saturated carbocycles. The van der Waals surface area contributed by atoms with Gasteiger partial charge in [0.1, 0.15) is 0 Å². The normalized spacial score (nSPS) is 10.9. The Kier molecular flexibility index (Phi) is 3.31. The van der Waals surface area contributed by atoms with Gasteiger partial charge in [-0.1, -0.05) is 22.6 Å². The van der Waals surface area contributed by atoms with Gasteiger partial charge in [0.05, 0.1) is 21.0 Å². The maximum atomic E-state index is 5.56. The molecule has 3 aromatic heterocycles. The smallest absolute Gasteiger partial charge is 0.237 e. The van der Waals surface area contributed by atoms with Crippen molar-refractivity contribution in [2.45, 2.75) is 9.96 Å². The summed E-state index contributed by atoms with van der Waals surface area (Å²) in [6.07, 6.45) is 1.75. The van der Waals surface area contributed by atoms with Gasteiger partial charge >= 0.3 is 0 Å². The molecule has 0 fully saturated rings. The molecule has 3 aromatic rings. The summed E-state index contributed by atoms with van der Waals surface area (Å²) in [5.74, 6) is 1.87. The molecule has 3 heterocycles. The zero-order chi connectivity index (χ0) is 12.4. The number of aromatic nitrogens is 3.